The number of carboxylic acids is 1. The topological polar surface area (TPSA) is 37.3 Å². The number of halogens is 1. The van der Waals surface area contributed by atoms with Crippen LogP contribution in [-0.4, -0.2) is 11.1 Å². The van der Waals surface area contributed by atoms with Crippen LogP contribution in [0.5, 0.6) is 0 Å². The predicted octanol–water partition coefficient (Wildman–Crippen LogP) is 3.98. The van der Waals surface area contributed by atoms with Crippen LogP contribution in [0.2, 0.25) is 0 Å². The maximum absolute atomic E-state index is 10.3. The Hall–Kier alpha value is -1.36. The van der Waals surface area contributed by atoms with Crippen molar-refractivity contribution in [3.8, 4) is 0 Å². The van der Waals surface area contributed by atoms with Gasteiger partial charge in [-0.2, -0.15) is 0 Å². The number of hydrogen-bond acceptors (Lipinski definition) is 1. The maximum Gasteiger partial charge on any atom is 0.335 e. The molecule has 0 amide bonds. The van der Waals surface area contributed by atoms with Crippen LogP contribution in [0, 0.1) is 10.5 Å². The Morgan fingerprint density at radius 1 is 1.06 bits per heavy atom. The van der Waals surface area contributed by atoms with Crippen molar-refractivity contribution in [3.05, 3.63) is 69.3 Å². The molecule has 0 aromatic heterocycles. The maximum atomic E-state index is 10.3. The highest BCUT2D eigenvalue weighted by atomic mass is 127. The van der Waals surface area contributed by atoms with E-state index in [0.29, 0.717) is 5.56 Å². The van der Waals surface area contributed by atoms with Crippen LogP contribution < -0.4 is 0 Å². The second-order valence-corrected chi connectivity index (χ2v) is 4.72. The van der Waals surface area contributed by atoms with Gasteiger partial charge in [0.1, 0.15) is 0 Å². The molecule has 2 nitrogen and oxygen atoms in total. The number of rotatable bonds is 1. The number of aromatic carboxylic acids is 1. The molecule has 3 heteroatoms. The van der Waals surface area contributed by atoms with Crippen LogP contribution in [0.25, 0.3) is 0 Å². The summed E-state index contributed by atoms with van der Waals surface area (Å²) in [6, 6.07) is 17.0. The Balaban J connectivity index is 0.000000181. The number of carbonyl (C=O) groups is 1. The molecule has 2 rings (SSSR count). The molecule has 0 atom stereocenters. The average Bonchev–Trinajstić information content (AvgIpc) is 2.31. The lowest BCUT2D eigenvalue weighted by atomic mass is 10.2. The van der Waals surface area contributed by atoms with Crippen LogP contribution in [-0.2, 0) is 0 Å². The van der Waals surface area contributed by atoms with Crippen molar-refractivity contribution in [1.82, 2.24) is 0 Å². The quantitative estimate of drug-likeness (QED) is 0.798. The van der Waals surface area contributed by atoms with Crippen molar-refractivity contribution >= 4 is 28.6 Å². The van der Waals surface area contributed by atoms with Gasteiger partial charge in [0, 0.05) is 3.57 Å². The standard InChI is InChI=1S/C7H5IO2.C7H8/c8-6-3-1-2-5(4-6)7(9)10;1-7-5-3-2-4-6-7/h1-4H,(H,9,10);2-6H,1H3. The molecule has 0 saturated carbocycles. The summed E-state index contributed by atoms with van der Waals surface area (Å²) in [5.41, 5.74) is 1.66. The fraction of sp³-hybridized carbons (Fsp3) is 0.0714. The Kier molecular flexibility index (Phi) is 5.69. The van der Waals surface area contributed by atoms with E-state index in [-0.39, 0.29) is 0 Å². The SMILES string of the molecule is Cc1ccccc1.O=C(O)c1cccc(I)c1. The third kappa shape index (κ3) is 5.49. The third-order valence-electron chi connectivity index (χ3n) is 2.01. The van der Waals surface area contributed by atoms with Crippen molar-refractivity contribution in [1.29, 1.82) is 0 Å². The number of benzene rings is 2. The number of hydrogen-bond donors (Lipinski definition) is 1. The second-order valence-electron chi connectivity index (χ2n) is 3.47. The lowest BCUT2D eigenvalue weighted by Gasteiger charge is -1.92. The fourth-order valence-electron chi connectivity index (χ4n) is 1.16. The van der Waals surface area contributed by atoms with Crippen LogP contribution >= 0.6 is 22.6 Å². The van der Waals surface area contributed by atoms with Gasteiger partial charge in [-0.3, -0.25) is 0 Å². The van der Waals surface area contributed by atoms with Crippen LogP contribution in [0.1, 0.15) is 15.9 Å². The number of aryl methyl sites for hydroxylation is 1. The van der Waals surface area contributed by atoms with Crippen LogP contribution in [0.15, 0.2) is 54.6 Å². The Morgan fingerprint density at radius 2 is 1.71 bits per heavy atom. The lowest BCUT2D eigenvalue weighted by Crippen LogP contribution is -1.95. The molecule has 0 unspecified atom stereocenters. The molecule has 88 valence electrons. The zero-order valence-electron chi connectivity index (χ0n) is 9.43. The summed E-state index contributed by atoms with van der Waals surface area (Å²) in [4.78, 5) is 10.3. The monoisotopic (exact) mass is 340 g/mol. The first kappa shape index (κ1) is 13.7. The van der Waals surface area contributed by atoms with Crippen molar-refractivity contribution < 1.29 is 9.90 Å². The smallest absolute Gasteiger partial charge is 0.335 e. The van der Waals surface area contributed by atoms with Gasteiger partial charge in [-0.05, 0) is 47.7 Å². The molecule has 0 saturated heterocycles. The summed E-state index contributed by atoms with van der Waals surface area (Å²) in [5.74, 6) is -0.876. The van der Waals surface area contributed by atoms with Gasteiger partial charge >= 0.3 is 5.97 Å². The first-order chi connectivity index (χ1) is 8.09. The molecule has 0 heterocycles. The molecule has 0 fully saturated rings. The summed E-state index contributed by atoms with van der Waals surface area (Å²) in [5, 5.41) is 8.51. The van der Waals surface area contributed by atoms with Crippen molar-refractivity contribution in [2.24, 2.45) is 0 Å². The van der Waals surface area contributed by atoms with E-state index in [1.807, 2.05) is 24.3 Å². The zero-order chi connectivity index (χ0) is 12.7. The highest BCUT2D eigenvalue weighted by Crippen LogP contribution is 2.06. The predicted molar refractivity (Wildman–Crippen MR) is 77.3 cm³/mol. The van der Waals surface area contributed by atoms with E-state index in [0.717, 1.165) is 3.57 Å². The molecule has 0 aliphatic heterocycles. The van der Waals surface area contributed by atoms with Gasteiger partial charge < -0.3 is 5.11 Å². The molecule has 2 aromatic carbocycles. The summed E-state index contributed by atoms with van der Waals surface area (Å²) in [7, 11) is 0. The van der Waals surface area contributed by atoms with Gasteiger partial charge in [0.15, 0.2) is 0 Å². The zero-order valence-corrected chi connectivity index (χ0v) is 11.6. The molecule has 0 aliphatic rings. The average molecular weight is 340 g/mol. The van der Waals surface area contributed by atoms with E-state index in [9.17, 15) is 4.79 Å². The largest absolute Gasteiger partial charge is 0.478 e. The normalized spacial score (nSPS) is 9.06. The molecule has 2 aromatic rings. The van der Waals surface area contributed by atoms with Crippen molar-refractivity contribution in [3.63, 3.8) is 0 Å². The van der Waals surface area contributed by atoms with Crippen LogP contribution in [0.3, 0.4) is 0 Å². The minimum atomic E-state index is -0.876. The Bertz CT molecular complexity index is 481. The number of carboxylic acid groups (broad SMARTS) is 1. The molecule has 1 N–H and O–H groups in total. The highest BCUT2D eigenvalue weighted by Gasteiger charge is 1.99. The van der Waals surface area contributed by atoms with Gasteiger partial charge in [-0.1, -0.05) is 42.0 Å². The lowest BCUT2D eigenvalue weighted by molar-refractivity contribution is 0.0697. The van der Waals surface area contributed by atoms with E-state index in [2.05, 4.69) is 41.6 Å². The van der Waals surface area contributed by atoms with Crippen molar-refractivity contribution in [2.75, 3.05) is 0 Å². The van der Waals surface area contributed by atoms with Gasteiger partial charge in [0.05, 0.1) is 5.56 Å². The molecular weight excluding hydrogens is 327 g/mol. The summed E-state index contributed by atoms with van der Waals surface area (Å²) < 4.78 is 0.942. The second kappa shape index (κ2) is 7.06. The molecule has 0 radical (unpaired) electrons. The molecule has 0 aliphatic carbocycles. The molecule has 0 spiro atoms. The van der Waals surface area contributed by atoms with Gasteiger partial charge in [0.25, 0.3) is 0 Å². The van der Waals surface area contributed by atoms with Crippen molar-refractivity contribution in [2.45, 2.75) is 6.92 Å². The molecule has 17 heavy (non-hydrogen) atoms. The summed E-state index contributed by atoms with van der Waals surface area (Å²) in [6.07, 6.45) is 0. The molecule has 0 bridgehead atoms. The minimum Gasteiger partial charge on any atom is -0.478 e. The van der Waals surface area contributed by atoms with E-state index in [1.165, 1.54) is 5.56 Å². The van der Waals surface area contributed by atoms with Gasteiger partial charge in [-0.15, -0.1) is 0 Å². The molecular formula is C14H13IO2. The van der Waals surface area contributed by atoms with E-state index in [4.69, 9.17) is 5.11 Å². The van der Waals surface area contributed by atoms with E-state index < -0.39 is 5.97 Å². The Labute approximate surface area is 114 Å². The fourth-order valence-corrected chi connectivity index (χ4v) is 1.70. The summed E-state index contributed by atoms with van der Waals surface area (Å²) in [6.45, 7) is 2.08. The minimum absolute atomic E-state index is 0.340. The first-order valence-corrected chi connectivity index (χ1v) is 6.18. The third-order valence-corrected chi connectivity index (χ3v) is 2.68. The van der Waals surface area contributed by atoms with E-state index in [1.54, 1.807) is 18.2 Å². The highest BCUT2D eigenvalue weighted by molar-refractivity contribution is 14.1. The first-order valence-electron chi connectivity index (χ1n) is 5.10. The Morgan fingerprint density at radius 3 is 2.06 bits per heavy atom. The van der Waals surface area contributed by atoms with E-state index >= 15 is 0 Å². The summed E-state index contributed by atoms with van der Waals surface area (Å²) >= 11 is 2.08. The van der Waals surface area contributed by atoms with Gasteiger partial charge in [0.2, 0.25) is 0 Å². The van der Waals surface area contributed by atoms with Crippen LogP contribution in [0.4, 0.5) is 0 Å². The van der Waals surface area contributed by atoms with Gasteiger partial charge in [-0.25, -0.2) is 4.79 Å².